The molecule has 1 fully saturated rings. The van der Waals surface area contributed by atoms with E-state index >= 15 is 4.39 Å². The quantitative estimate of drug-likeness (QED) is 0.128. The van der Waals surface area contributed by atoms with Crippen molar-refractivity contribution >= 4 is 27.6 Å². The Bertz CT molecular complexity index is 1620. The van der Waals surface area contributed by atoms with Crippen LogP contribution in [0.3, 0.4) is 0 Å². The molecule has 1 atom stereocenters. The molecular formula is C31H31F4N3O5S. The van der Waals surface area contributed by atoms with Gasteiger partial charge >= 0.3 is 6.36 Å². The summed E-state index contributed by atoms with van der Waals surface area (Å²) < 4.78 is 90.0. The number of fused-ring (bicyclic) bond motifs is 1. The lowest BCUT2D eigenvalue weighted by Gasteiger charge is -2.26. The van der Waals surface area contributed by atoms with Crippen molar-refractivity contribution in [2.75, 3.05) is 38.1 Å². The highest BCUT2D eigenvalue weighted by Crippen LogP contribution is 2.38. The van der Waals surface area contributed by atoms with E-state index in [-0.39, 0.29) is 16.3 Å². The van der Waals surface area contributed by atoms with Crippen molar-refractivity contribution in [3.63, 3.8) is 0 Å². The van der Waals surface area contributed by atoms with Gasteiger partial charge in [-0.2, -0.15) is 0 Å². The number of aromatic nitrogens is 1. The number of halogens is 4. The van der Waals surface area contributed by atoms with E-state index in [4.69, 9.17) is 14.2 Å². The van der Waals surface area contributed by atoms with Crippen molar-refractivity contribution in [1.82, 2.24) is 9.88 Å². The minimum absolute atomic E-state index is 0.0540. The smallest absolute Gasteiger partial charge is 0.493 e. The summed E-state index contributed by atoms with van der Waals surface area (Å²) in [5.74, 6) is -0.224. The zero-order valence-corrected chi connectivity index (χ0v) is 24.7. The molecule has 44 heavy (non-hydrogen) atoms. The van der Waals surface area contributed by atoms with Crippen molar-refractivity contribution in [2.24, 2.45) is 0 Å². The summed E-state index contributed by atoms with van der Waals surface area (Å²) >= 11 is 0. The van der Waals surface area contributed by atoms with Crippen LogP contribution < -0.4 is 23.7 Å². The zero-order chi connectivity index (χ0) is 31.1. The number of hydrogen-bond donors (Lipinski definition) is 1. The Morgan fingerprint density at radius 2 is 1.73 bits per heavy atom. The van der Waals surface area contributed by atoms with Gasteiger partial charge in [0, 0.05) is 35.9 Å². The first-order valence-corrected chi connectivity index (χ1v) is 15.2. The number of alkyl halides is 3. The van der Waals surface area contributed by atoms with Crippen molar-refractivity contribution in [2.45, 2.75) is 36.9 Å². The molecule has 1 N–H and O–H groups in total. The fourth-order valence-electron chi connectivity index (χ4n) is 4.88. The highest BCUT2D eigenvalue weighted by Gasteiger charge is 2.32. The minimum atomic E-state index is -4.96. The first kappa shape index (κ1) is 31.3. The number of benzene rings is 3. The molecule has 0 radical (unpaired) electrons. The average Bonchev–Trinajstić information content (AvgIpc) is 3.00. The molecule has 0 bridgehead atoms. The Balaban J connectivity index is 1.27. The monoisotopic (exact) mass is 633 g/mol. The molecule has 5 rings (SSSR count). The van der Waals surface area contributed by atoms with Gasteiger partial charge in [0.2, 0.25) is 0 Å². The topological polar surface area (TPSA) is 82.2 Å². The van der Waals surface area contributed by atoms with Crippen molar-refractivity contribution in [3.8, 4) is 28.7 Å². The predicted molar refractivity (Wildman–Crippen MR) is 158 cm³/mol. The van der Waals surface area contributed by atoms with E-state index in [1.165, 1.54) is 62.9 Å². The maximum Gasteiger partial charge on any atom is 0.573 e. The number of nitrogens with zero attached hydrogens (tertiary/aromatic N) is 2. The number of rotatable bonds is 12. The predicted octanol–water partition coefficient (Wildman–Crippen LogP) is 7.46. The van der Waals surface area contributed by atoms with Gasteiger partial charge in [-0.3, -0.25) is 4.98 Å². The molecule has 0 saturated carbocycles. The number of anilines is 1. The lowest BCUT2D eigenvalue weighted by Crippen LogP contribution is -2.31. The summed E-state index contributed by atoms with van der Waals surface area (Å²) in [6, 6.07) is 13.8. The molecule has 13 heteroatoms. The molecule has 1 aliphatic rings. The van der Waals surface area contributed by atoms with Crippen LogP contribution in [-0.2, 0) is 11.0 Å². The molecule has 0 aliphatic carbocycles. The number of pyridine rings is 1. The van der Waals surface area contributed by atoms with Crippen LogP contribution in [0.25, 0.3) is 10.9 Å². The van der Waals surface area contributed by atoms with E-state index in [2.05, 4.69) is 19.3 Å². The third-order valence-electron chi connectivity index (χ3n) is 6.95. The highest BCUT2D eigenvalue weighted by atomic mass is 32.2. The second-order valence-corrected chi connectivity index (χ2v) is 11.2. The summed E-state index contributed by atoms with van der Waals surface area (Å²) in [7, 11) is -0.653. The Morgan fingerprint density at radius 1 is 0.932 bits per heavy atom. The summed E-state index contributed by atoms with van der Waals surface area (Å²) in [4.78, 5) is 6.60. The first-order chi connectivity index (χ1) is 21.2. The van der Waals surface area contributed by atoms with Crippen molar-refractivity contribution in [1.29, 1.82) is 0 Å². The van der Waals surface area contributed by atoms with Crippen LogP contribution in [0.1, 0.15) is 25.7 Å². The average molecular weight is 634 g/mol. The Kier molecular flexibility index (Phi) is 10.1. The zero-order valence-electron chi connectivity index (χ0n) is 23.9. The van der Waals surface area contributed by atoms with E-state index in [1.54, 1.807) is 18.2 Å². The molecule has 4 aromatic rings. The Hall–Kier alpha value is -4.10. The molecule has 1 aromatic heterocycles. The fraction of sp³-hybridized carbons (Fsp3) is 0.323. The number of likely N-dealkylation sites (tertiary alicyclic amines) is 1. The van der Waals surface area contributed by atoms with Gasteiger partial charge in [0.15, 0.2) is 34.1 Å². The van der Waals surface area contributed by atoms with Crippen LogP contribution in [0.4, 0.5) is 23.2 Å². The van der Waals surface area contributed by atoms with Crippen LogP contribution in [0.15, 0.2) is 71.8 Å². The summed E-state index contributed by atoms with van der Waals surface area (Å²) in [5, 5.41) is 0.564. The molecular weight excluding hydrogens is 602 g/mol. The van der Waals surface area contributed by atoms with E-state index in [1.807, 2.05) is 0 Å². The molecule has 0 spiro atoms. The molecule has 8 nitrogen and oxygen atoms in total. The van der Waals surface area contributed by atoms with Gasteiger partial charge in [0.1, 0.15) is 16.4 Å². The molecule has 1 aliphatic heterocycles. The summed E-state index contributed by atoms with van der Waals surface area (Å²) in [5.41, 5.74) is 0.612. The van der Waals surface area contributed by atoms with Gasteiger partial charge in [0.25, 0.3) is 0 Å². The highest BCUT2D eigenvalue weighted by molar-refractivity contribution is 7.86. The van der Waals surface area contributed by atoms with Crippen LogP contribution in [-0.4, -0.2) is 53.8 Å². The maximum absolute atomic E-state index is 15.1. The lowest BCUT2D eigenvalue weighted by atomic mass is 10.1. The normalized spacial score (nSPS) is 14.7. The largest absolute Gasteiger partial charge is 0.573 e. The molecule has 234 valence electrons. The number of ether oxygens (including phenoxy) is 4. The van der Waals surface area contributed by atoms with Crippen molar-refractivity contribution < 1.29 is 40.7 Å². The molecule has 1 saturated heterocycles. The van der Waals surface area contributed by atoms with E-state index < -0.39 is 28.9 Å². The SMILES string of the molecule is COc1cc2c(Oc3ccc(NS(=O)c4ccccc4OC(F)(F)F)cc3F)ccnc2cc1OCCCN1CCCCC1. The van der Waals surface area contributed by atoms with Crippen LogP contribution in [0.2, 0.25) is 0 Å². The van der Waals surface area contributed by atoms with Crippen molar-refractivity contribution in [3.05, 3.63) is 72.7 Å². The van der Waals surface area contributed by atoms with Gasteiger partial charge in [0.05, 0.1) is 19.2 Å². The van der Waals surface area contributed by atoms with Gasteiger partial charge in [-0.05, 0) is 68.8 Å². The Morgan fingerprint density at radius 3 is 2.48 bits per heavy atom. The first-order valence-electron chi connectivity index (χ1n) is 14.0. The summed E-state index contributed by atoms with van der Waals surface area (Å²) in [6.45, 7) is 3.74. The standard InChI is InChI=1S/C31H31F4N3O5S/c1-40-28-19-22-24(20-29(28)41-17-7-16-38-14-5-2-6-15-38)36-13-12-25(22)42-26-11-10-21(18-23(26)32)37-44(39)30-9-4-3-8-27(30)43-31(33,34)35/h3-4,8-13,18-20,37H,2,5-7,14-17H2,1H3. The fourth-order valence-corrected chi connectivity index (χ4v) is 5.83. The van der Waals surface area contributed by atoms with Gasteiger partial charge < -0.3 is 28.6 Å². The van der Waals surface area contributed by atoms with Gasteiger partial charge in [-0.1, -0.05) is 18.6 Å². The number of para-hydroxylation sites is 1. The van der Waals surface area contributed by atoms with E-state index in [0.717, 1.165) is 38.2 Å². The van der Waals surface area contributed by atoms with Gasteiger partial charge in [-0.25, -0.2) is 8.60 Å². The number of piperidine rings is 1. The Labute approximate surface area is 254 Å². The maximum atomic E-state index is 15.1. The van der Waals surface area contributed by atoms with Crippen LogP contribution in [0.5, 0.6) is 28.7 Å². The van der Waals surface area contributed by atoms with Crippen LogP contribution in [0, 0.1) is 5.82 Å². The van der Waals surface area contributed by atoms with E-state index in [0.29, 0.717) is 34.8 Å². The number of nitrogens with one attached hydrogen (secondary N) is 1. The molecule has 2 heterocycles. The molecule has 0 amide bonds. The number of hydrogen-bond acceptors (Lipinski definition) is 7. The lowest BCUT2D eigenvalue weighted by molar-refractivity contribution is -0.275. The second kappa shape index (κ2) is 14.1. The second-order valence-electron chi connectivity index (χ2n) is 10.0. The molecule has 3 aromatic carbocycles. The van der Waals surface area contributed by atoms with E-state index in [9.17, 15) is 17.4 Å². The third kappa shape index (κ3) is 8.08. The van der Waals surface area contributed by atoms with Gasteiger partial charge in [-0.15, -0.1) is 13.2 Å². The third-order valence-corrected chi connectivity index (χ3v) is 8.11. The minimum Gasteiger partial charge on any atom is -0.493 e. The molecule has 1 unspecified atom stereocenters. The number of methoxy groups -OCH3 is 1. The summed E-state index contributed by atoms with van der Waals surface area (Å²) in [6.07, 6.45) is 1.21. The van der Waals surface area contributed by atoms with Crippen LogP contribution >= 0.6 is 0 Å².